The number of hydrogen-bond acceptors (Lipinski definition) is 4. The number of aryl methyl sites for hydroxylation is 1. The third kappa shape index (κ3) is 2.02. The Labute approximate surface area is 84.3 Å². The van der Waals surface area contributed by atoms with Crippen molar-refractivity contribution < 1.29 is 19.4 Å². The standard InChI is InChI=1S/C8H9NO4S/c1-4-3-14-6(7(10)11)5(4)9-8(12)13-2/h3H,1-2H3,(H,9,12)(H,10,11). The maximum atomic E-state index is 10.9. The van der Waals surface area contributed by atoms with Crippen molar-refractivity contribution in [2.75, 3.05) is 12.4 Å². The molecule has 6 heteroatoms. The summed E-state index contributed by atoms with van der Waals surface area (Å²) >= 11 is 1.07. The minimum atomic E-state index is -1.06. The Morgan fingerprint density at radius 2 is 2.21 bits per heavy atom. The van der Waals surface area contributed by atoms with E-state index in [-0.39, 0.29) is 4.88 Å². The number of hydrogen-bond donors (Lipinski definition) is 2. The van der Waals surface area contributed by atoms with Crippen molar-refractivity contribution in [2.45, 2.75) is 6.92 Å². The van der Waals surface area contributed by atoms with E-state index in [1.54, 1.807) is 12.3 Å². The monoisotopic (exact) mass is 215 g/mol. The zero-order valence-electron chi connectivity index (χ0n) is 7.66. The van der Waals surface area contributed by atoms with E-state index in [9.17, 15) is 9.59 Å². The fourth-order valence-electron chi connectivity index (χ4n) is 0.910. The van der Waals surface area contributed by atoms with Gasteiger partial charge >= 0.3 is 12.1 Å². The van der Waals surface area contributed by atoms with E-state index < -0.39 is 12.1 Å². The lowest BCUT2D eigenvalue weighted by Gasteiger charge is -2.03. The van der Waals surface area contributed by atoms with Crippen LogP contribution in [0.15, 0.2) is 5.38 Å². The Morgan fingerprint density at radius 1 is 1.57 bits per heavy atom. The molecule has 1 aromatic rings. The van der Waals surface area contributed by atoms with Crippen molar-refractivity contribution in [2.24, 2.45) is 0 Å². The summed E-state index contributed by atoms with van der Waals surface area (Å²) in [4.78, 5) is 21.7. The second-order valence-corrected chi connectivity index (χ2v) is 3.42. The average molecular weight is 215 g/mol. The Morgan fingerprint density at radius 3 is 2.71 bits per heavy atom. The summed E-state index contributed by atoms with van der Waals surface area (Å²) < 4.78 is 4.37. The molecule has 14 heavy (non-hydrogen) atoms. The normalized spacial score (nSPS) is 9.57. The molecular weight excluding hydrogens is 206 g/mol. The second-order valence-electron chi connectivity index (χ2n) is 2.54. The number of carboxylic acid groups (broad SMARTS) is 1. The van der Waals surface area contributed by atoms with Crippen LogP contribution in [0.1, 0.15) is 15.2 Å². The molecule has 0 aliphatic rings. The predicted octanol–water partition coefficient (Wildman–Crippen LogP) is 1.93. The molecule has 0 unspecified atom stereocenters. The molecule has 0 fully saturated rings. The van der Waals surface area contributed by atoms with Crippen molar-refractivity contribution in [3.05, 3.63) is 15.8 Å². The number of anilines is 1. The maximum Gasteiger partial charge on any atom is 0.411 e. The lowest BCUT2D eigenvalue weighted by Crippen LogP contribution is -2.13. The van der Waals surface area contributed by atoms with Gasteiger partial charge in [-0.1, -0.05) is 0 Å². The summed E-state index contributed by atoms with van der Waals surface area (Å²) in [5.41, 5.74) is 1.01. The molecule has 5 nitrogen and oxygen atoms in total. The predicted molar refractivity (Wildman–Crippen MR) is 52.0 cm³/mol. The van der Waals surface area contributed by atoms with Gasteiger partial charge in [-0.3, -0.25) is 5.32 Å². The largest absolute Gasteiger partial charge is 0.477 e. The molecule has 0 saturated heterocycles. The number of aromatic carboxylic acids is 1. The van der Waals surface area contributed by atoms with Crippen LogP contribution < -0.4 is 5.32 Å². The molecule has 2 N–H and O–H groups in total. The number of amides is 1. The third-order valence-corrected chi connectivity index (χ3v) is 2.67. The van der Waals surface area contributed by atoms with Crippen LogP contribution >= 0.6 is 11.3 Å². The van der Waals surface area contributed by atoms with Gasteiger partial charge in [0.1, 0.15) is 4.88 Å². The van der Waals surface area contributed by atoms with Crippen LogP contribution in [0, 0.1) is 6.92 Å². The number of ether oxygens (including phenoxy) is 1. The lowest BCUT2D eigenvalue weighted by atomic mass is 10.3. The van der Waals surface area contributed by atoms with Gasteiger partial charge in [0.2, 0.25) is 0 Å². The van der Waals surface area contributed by atoms with E-state index in [4.69, 9.17) is 5.11 Å². The highest BCUT2D eigenvalue weighted by molar-refractivity contribution is 7.12. The van der Waals surface area contributed by atoms with E-state index in [2.05, 4.69) is 10.1 Å². The first kappa shape index (κ1) is 10.5. The van der Waals surface area contributed by atoms with Gasteiger partial charge in [-0.25, -0.2) is 9.59 Å². The van der Waals surface area contributed by atoms with Crippen LogP contribution in [-0.2, 0) is 4.74 Å². The molecule has 76 valence electrons. The number of rotatable bonds is 2. The molecule has 1 rings (SSSR count). The van der Waals surface area contributed by atoms with Crippen LogP contribution in [0.3, 0.4) is 0 Å². The topological polar surface area (TPSA) is 75.6 Å². The van der Waals surface area contributed by atoms with Gasteiger partial charge in [0.25, 0.3) is 0 Å². The van der Waals surface area contributed by atoms with Crippen molar-refractivity contribution >= 4 is 29.1 Å². The summed E-state index contributed by atoms with van der Waals surface area (Å²) in [6.07, 6.45) is -0.672. The van der Waals surface area contributed by atoms with Crippen molar-refractivity contribution in [1.82, 2.24) is 0 Å². The SMILES string of the molecule is COC(=O)Nc1c(C)csc1C(=O)O. The van der Waals surface area contributed by atoms with Gasteiger partial charge < -0.3 is 9.84 Å². The summed E-state index contributed by atoms with van der Waals surface area (Å²) in [5, 5.41) is 12.8. The molecule has 1 aromatic heterocycles. The van der Waals surface area contributed by atoms with Crippen molar-refractivity contribution in [3.8, 4) is 0 Å². The fourth-order valence-corrected chi connectivity index (χ4v) is 1.75. The molecule has 1 amide bonds. The molecule has 0 atom stereocenters. The van der Waals surface area contributed by atoms with Gasteiger partial charge in [0.05, 0.1) is 12.8 Å². The summed E-state index contributed by atoms with van der Waals surface area (Å²) in [6, 6.07) is 0. The minimum Gasteiger partial charge on any atom is -0.477 e. The Hall–Kier alpha value is -1.56. The number of carbonyl (C=O) groups is 2. The first-order valence-corrected chi connectivity index (χ1v) is 4.60. The van der Waals surface area contributed by atoms with Crippen LogP contribution in [0.5, 0.6) is 0 Å². The summed E-state index contributed by atoms with van der Waals surface area (Å²) in [6.45, 7) is 1.72. The molecule has 0 aromatic carbocycles. The van der Waals surface area contributed by atoms with Gasteiger partial charge in [-0.2, -0.15) is 0 Å². The van der Waals surface area contributed by atoms with E-state index in [0.29, 0.717) is 11.3 Å². The highest BCUT2D eigenvalue weighted by Crippen LogP contribution is 2.27. The van der Waals surface area contributed by atoms with E-state index in [1.165, 1.54) is 7.11 Å². The lowest BCUT2D eigenvalue weighted by molar-refractivity contribution is 0.0703. The highest BCUT2D eigenvalue weighted by Gasteiger charge is 2.16. The van der Waals surface area contributed by atoms with Gasteiger partial charge in [-0.05, 0) is 17.9 Å². The number of nitrogens with one attached hydrogen (secondary N) is 1. The number of methoxy groups -OCH3 is 1. The molecule has 0 aliphatic carbocycles. The number of carbonyl (C=O) groups excluding carboxylic acids is 1. The van der Waals surface area contributed by atoms with E-state index in [0.717, 1.165) is 11.3 Å². The molecule has 0 spiro atoms. The number of carboxylic acids is 1. The molecule has 0 radical (unpaired) electrons. The van der Waals surface area contributed by atoms with Crippen molar-refractivity contribution in [1.29, 1.82) is 0 Å². The third-order valence-electron chi connectivity index (χ3n) is 1.58. The highest BCUT2D eigenvalue weighted by atomic mass is 32.1. The van der Waals surface area contributed by atoms with Gasteiger partial charge in [0.15, 0.2) is 0 Å². The Kier molecular flexibility index (Phi) is 3.08. The van der Waals surface area contributed by atoms with E-state index >= 15 is 0 Å². The van der Waals surface area contributed by atoms with Crippen LogP contribution in [0.4, 0.5) is 10.5 Å². The first-order chi connectivity index (χ1) is 6.56. The Bertz CT molecular complexity index is 371. The first-order valence-electron chi connectivity index (χ1n) is 3.72. The summed E-state index contributed by atoms with van der Waals surface area (Å²) in [7, 11) is 1.22. The minimum absolute atomic E-state index is 0.105. The maximum absolute atomic E-state index is 10.9. The molecule has 0 bridgehead atoms. The Balaban J connectivity index is 2.99. The van der Waals surface area contributed by atoms with Crippen LogP contribution in [0.25, 0.3) is 0 Å². The van der Waals surface area contributed by atoms with Crippen LogP contribution in [-0.4, -0.2) is 24.3 Å². The quantitative estimate of drug-likeness (QED) is 0.790. The molecule has 1 heterocycles. The molecular formula is C8H9NO4S. The zero-order valence-corrected chi connectivity index (χ0v) is 8.47. The van der Waals surface area contributed by atoms with E-state index in [1.807, 2.05) is 0 Å². The van der Waals surface area contributed by atoms with Gasteiger partial charge in [-0.15, -0.1) is 11.3 Å². The van der Waals surface area contributed by atoms with Gasteiger partial charge in [0, 0.05) is 0 Å². The smallest absolute Gasteiger partial charge is 0.411 e. The second kappa shape index (κ2) is 4.10. The molecule has 0 saturated carbocycles. The fraction of sp³-hybridized carbons (Fsp3) is 0.250. The van der Waals surface area contributed by atoms with Crippen LogP contribution in [0.2, 0.25) is 0 Å². The zero-order chi connectivity index (χ0) is 10.7. The summed E-state index contributed by atoms with van der Waals surface area (Å²) in [5.74, 6) is -1.06. The molecule has 0 aliphatic heterocycles. The number of thiophene rings is 1. The van der Waals surface area contributed by atoms with Crippen molar-refractivity contribution in [3.63, 3.8) is 0 Å². The average Bonchev–Trinajstić information content (AvgIpc) is 2.48.